The van der Waals surface area contributed by atoms with Crippen molar-refractivity contribution in [3.63, 3.8) is 0 Å². The average molecular weight is 244 g/mol. The molecule has 0 bridgehead atoms. The Labute approximate surface area is 101 Å². The topological polar surface area (TPSA) is 49.2 Å². The van der Waals surface area contributed by atoms with Crippen LogP contribution in [-0.2, 0) is 0 Å². The van der Waals surface area contributed by atoms with E-state index < -0.39 is 0 Å². The molecule has 0 spiro atoms. The van der Waals surface area contributed by atoms with Crippen molar-refractivity contribution in [3.05, 3.63) is 16.5 Å². The van der Waals surface area contributed by atoms with Crippen molar-refractivity contribution in [1.82, 2.24) is 9.97 Å². The van der Waals surface area contributed by atoms with E-state index in [2.05, 4.69) is 16.9 Å². The highest BCUT2D eigenvalue weighted by Gasteiger charge is 2.13. The van der Waals surface area contributed by atoms with Gasteiger partial charge in [-0.15, -0.1) is 0 Å². The zero-order valence-electron chi connectivity index (χ0n) is 10.00. The predicted octanol–water partition coefficient (Wildman–Crippen LogP) is 1.96. The van der Waals surface area contributed by atoms with Crippen molar-refractivity contribution < 1.29 is 5.11 Å². The minimum atomic E-state index is 0.111. The van der Waals surface area contributed by atoms with Crippen LogP contribution in [0.15, 0.2) is 0 Å². The number of nitrogens with zero attached hydrogens (tertiary/aromatic N) is 3. The third-order valence-corrected chi connectivity index (χ3v) is 2.70. The molecule has 1 N–H and O–H groups in total. The third-order valence-electron chi connectivity index (χ3n) is 2.34. The van der Waals surface area contributed by atoms with Gasteiger partial charge in [-0.25, -0.2) is 9.97 Å². The maximum atomic E-state index is 9.04. The molecule has 0 aliphatic rings. The van der Waals surface area contributed by atoms with E-state index in [9.17, 15) is 0 Å². The standard InChI is InChI=1S/C11H18ClN3O/c1-4-5-15(6-7-16)11-8(2)10(12)13-9(3)14-11/h16H,4-7H2,1-3H3. The number of aryl methyl sites for hydroxylation is 1. The van der Waals surface area contributed by atoms with Gasteiger partial charge in [0, 0.05) is 18.7 Å². The Balaban J connectivity index is 3.07. The van der Waals surface area contributed by atoms with Crippen molar-refractivity contribution in [2.75, 3.05) is 24.6 Å². The van der Waals surface area contributed by atoms with Crippen molar-refractivity contribution >= 4 is 17.4 Å². The van der Waals surface area contributed by atoms with Crippen LogP contribution in [0.5, 0.6) is 0 Å². The largest absolute Gasteiger partial charge is 0.395 e. The van der Waals surface area contributed by atoms with Gasteiger partial charge in [0.05, 0.1) is 6.61 Å². The van der Waals surface area contributed by atoms with E-state index >= 15 is 0 Å². The van der Waals surface area contributed by atoms with Crippen LogP contribution in [0.25, 0.3) is 0 Å². The zero-order valence-corrected chi connectivity index (χ0v) is 10.8. The Hall–Kier alpha value is -0.870. The second-order valence-corrected chi connectivity index (χ2v) is 4.08. The smallest absolute Gasteiger partial charge is 0.137 e. The van der Waals surface area contributed by atoms with Crippen LogP contribution in [0.2, 0.25) is 5.15 Å². The number of rotatable bonds is 5. The predicted molar refractivity (Wildman–Crippen MR) is 66.1 cm³/mol. The van der Waals surface area contributed by atoms with Gasteiger partial charge in [-0.3, -0.25) is 0 Å². The van der Waals surface area contributed by atoms with Crippen LogP contribution < -0.4 is 4.90 Å². The van der Waals surface area contributed by atoms with Crippen molar-refractivity contribution in [2.24, 2.45) is 0 Å². The lowest BCUT2D eigenvalue weighted by Gasteiger charge is -2.24. The molecular weight excluding hydrogens is 226 g/mol. The first kappa shape index (κ1) is 13.2. The Kier molecular flexibility index (Phi) is 4.96. The summed E-state index contributed by atoms with van der Waals surface area (Å²) < 4.78 is 0. The van der Waals surface area contributed by atoms with Gasteiger partial charge in [0.1, 0.15) is 16.8 Å². The first-order chi connectivity index (χ1) is 7.60. The van der Waals surface area contributed by atoms with Gasteiger partial charge < -0.3 is 10.0 Å². The summed E-state index contributed by atoms with van der Waals surface area (Å²) in [6.07, 6.45) is 1.00. The van der Waals surface area contributed by atoms with Crippen molar-refractivity contribution in [3.8, 4) is 0 Å². The summed E-state index contributed by atoms with van der Waals surface area (Å²) in [6, 6.07) is 0. The number of aromatic nitrogens is 2. The first-order valence-corrected chi connectivity index (χ1v) is 5.84. The number of aliphatic hydroxyl groups is 1. The maximum absolute atomic E-state index is 9.04. The fourth-order valence-corrected chi connectivity index (χ4v) is 1.81. The number of hydrogen-bond acceptors (Lipinski definition) is 4. The summed E-state index contributed by atoms with van der Waals surface area (Å²) in [5.41, 5.74) is 0.870. The van der Waals surface area contributed by atoms with E-state index in [0.717, 1.165) is 24.3 Å². The molecule has 16 heavy (non-hydrogen) atoms. The van der Waals surface area contributed by atoms with E-state index in [1.54, 1.807) is 0 Å². The lowest BCUT2D eigenvalue weighted by molar-refractivity contribution is 0.301. The van der Waals surface area contributed by atoms with E-state index in [-0.39, 0.29) is 6.61 Å². The quantitative estimate of drug-likeness (QED) is 0.804. The van der Waals surface area contributed by atoms with Crippen LogP contribution in [0.4, 0.5) is 5.82 Å². The molecule has 0 aliphatic carbocycles. The minimum Gasteiger partial charge on any atom is -0.395 e. The SMILES string of the molecule is CCCN(CCO)c1nc(C)nc(Cl)c1C. The zero-order chi connectivity index (χ0) is 12.1. The number of hydrogen-bond donors (Lipinski definition) is 1. The van der Waals surface area contributed by atoms with Gasteiger partial charge in [0.25, 0.3) is 0 Å². The molecule has 0 amide bonds. The molecule has 0 fully saturated rings. The molecule has 0 radical (unpaired) electrons. The van der Waals surface area contributed by atoms with Crippen LogP contribution in [0.1, 0.15) is 24.7 Å². The summed E-state index contributed by atoms with van der Waals surface area (Å²) >= 11 is 6.02. The molecular formula is C11H18ClN3O. The molecule has 5 heteroatoms. The van der Waals surface area contributed by atoms with Gasteiger partial charge in [0.2, 0.25) is 0 Å². The van der Waals surface area contributed by atoms with Gasteiger partial charge in [-0.1, -0.05) is 18.5 Å². The van der Waals surface area contributed by atoms with Crippen LogP contribution in [0, 0.1) is 13.8 Å². The monoisotopic (exact) mass is 243 g/mol. The van der Waals surface area contributed by atoms with Crippen molar-refractivity contribution in [2.45, 2.75) is 27.2 Å². The Morgan fingerprint density at radius 1 is 1.25 bits per heavy atom. The Morgan fingerprint density at radius 3 is 2.50 bits per heavy atom. The highest BCUT2D eigenvalue weighted by Crippen LogP contribution is 2.23. The lowest BCUT2D eigenvalue weighted by atomic mass is 10.3. The van der Waals surface area contributed by atoms with Gasteiger partial charge in [-0.05, 0) is 20.3 Å². The minimum absolute atomic E-state index is 0.111. The third kappa shape index (κ3) is 3.06. The van der Waals surface area contributed by atoms with Crippen LogP contribution in [0.3, 0.4) is 0 Å². The van der Waals surface area contributed by atoms with Crippen molar-refractivity contribution in [1.29, 1.82) is 0 Å². The molecule has 90 valence electrons. The van der Waals surface area contributed by atoms with Gasteiger partial charge in [-0.2, -0.15) is 0 Å². The van der Waals surface area contributed by atoms with Crippen LogP contribution in [-0.4, -0.2) is 34.8 Å². The summed E-state index contributed by atoms with van der Waals surface area (Å²) in [7, 11) is 0. The van der Waals surface area contributed by atoms with Gasteiger partial charge in [0.15, 0.2) is 0 Å². The summed E-state index contributed by atoms with van der Waals surface area (Å²) in [5.74, 6) is 1.48. The molecule has 1 rings (SSSR count). The number of halogens is 1. The highest BCUT2D eigenvalue weighted by atomic mass is 35.5. The van der Waals surface area contributed by atoms with E-state index in [1.807, 2.05) is 18.7 Å². The first-order valence-electron chi connectivity index (χ1n) is 5.46. The molecule has 0 saturated heterocycles. The molecule has 1 aromatic rings. The van der Waals surface area contributed by atoms with Gasteiger partial charge >= 0.3 is 0 Å². The highest BCUT2D eigenvalue weighted by molar-refractivity contribution is 6.30. The summed E-state index contributed by atoms with van der Waals surface area (Å²) in [5, 5.41) is 9.52. The van der Waals surface area contributed by atoms with E-state index in [0.29, 0.717) is 17.5 Å². The molecule has 0 unspecified atom stereocenters. The Bertz CT molecular complexity index is 351. The molecule has 1 heterocycles. The molecule has 0 saturated carbocycles. The molecule has 0 aromatic carbocycles. The second kappa shape index (κ2) is 6.01. The average Bonchev–Trinajstić information content (AvgIpc) is 2.23. The molecule has 0 atom stereocenters. The fourth-order valence-electron chi connectivity index (χ4n) is 1.60. The normalized spacial score (nSPS) is 10.6. The van der Waals surface area contributed by atoms with E-state index in [1.165, 1.54) is 0 Å². The lowest BCUT2D eigenvalue weighted by Crippen LogP contribution is -2.29. The summed E-state index contributed by atoms with van der Waals surface area (Å²) in [6.45, 7) is 7.35. The molecule has 4 nitrogen and oxygen atoms in total. The maximum Gasteiger partial charge on any atom is 0.137 e. The van der Waals surface area contributed by atoms with E-state index in [4.69, 9.17) is 16.7 Å². The fraction of sp³-hybridized carbons (Fsp3) is 0.636. The Morgan fingerprint density at radius 2 is 1.94 bits per heavy atom. The number of aliphatic hydroxyl groups excluding tert-OH is 1. The second-order valence-electron chi connectivity index (χ2n) is 3.72. The molecule has 1 aromatic heterocycles. The van der Waals surface area contributed by atoms with Crippen LogP contribution >= 0.6 is 11.6 Å². The number of anilines is 1. The molecule has 0 aliphatic heterocycles. The summed E-state index contributed by atoms with van der Waals surface area (Å²) in [4.78, 5) is 10.5.